The van der Waals surface area contributed by atoms with E-state index in [1.165, 1.54) is 12.0 Å². The predicted molar refractivity (Wildman–Crippen MR) is 95.6 cm³/mol. The highest BCUT2D eigenvalue weighted by molar-refractivity contribution is 6.07. The Kier molecular flexibility index (Phi) is 5.56. The van der Waals surface area contributed by atoms with Gasteiger partial charge in [-0.1, -0.05) is 19.1 Å². The van der Waals surface area contributed by atoms with Gasteiger partial charge in [-0.05, 0) is 43.5 Å². The third-order valence-corrected chi connectivity index (χ3v) is 5.60. The average Bonchev–Trinajstić information content (AvgIpc) is 2.93. The second kappa shape index (κ2) is 7.62. The number of piperidine rings is 1. The number of ether oxygens (including phenoxy) is 1. The van der Waals surface area contributed by atoms with Crippen molar-refractivity contribution in [1.82, 2.24) is 15.1 Å². The van der Waals surface area contributed by atoms with Crippen LogP contribution < -0.4 is 10.1 Å². The van der Waals surface area contributed by atoms with Crippen molar-refractivity contribution in [2.75, 3.05) is 26.9 Å². The lowest BCUT2D eigenvalue weighted by Gasteiger charge is -2.35. The topological polar surface area (TPSA) is 61.9 Å². The first-order valence-corrected chi connectivity index (χ1v) is 9.29. The van der Waals surface area contributed by atoms with Gasteiger partial charge in [0.2, 0.25) is 0 Å². The van der Waals surface area contributed by atoms with Crippen LogP contribution in [0, 0.1) is 5.92 Å². The van der Waals surface area contributed by atoms with Crippen LogP contribution in [-0.2, 0) is 10.3 Å². The van der Waals surface area contributed by atoms with Crippen LogP contribution in [0.15, 0.2) is 24.3 Å². The monoisotopic (exact) mass is 399 g/mol. The number of amides is 3. The molecule has 1 aromatic rings. The van der Waals surface area contributed by atoms with Gasteiger partial charge in [0.25, 0.3) is 5.91 Å². The van der Waals surface area contributed by atoms with E-state index in [9.17, 15) is 22.8 Å². The Morgan fingerprint density at radius 3 is 2.50 bits per heavy atom. The highest BCUT2D eigenvalue weighted by atomic mass is 19.4. The van der Waals surface area contributed by atoms with E-state index in [0.717, 1.165) is 4.90 Å². The Labute approximate surface area is 161 Å². The van der Waals surface area contributed by atoms with E-state index >= 15 is 0 Å². The van der Waals surface area contributed by atoms with Crippen LogP contribution >= 0.6 is 0 Å². The minimum Gasteiger partial charge on any atom is -0.497 e. The standard InChI is InChI=1S/C19H24F3N3O3/c1-3-18(13-6-8-15(28-2)9-7-13)16(26)25(17(27)23-18)12-24-10-4-5-14(11-24)19(20,21)22/h6-9,14H,3-5,10-12H2,1-2H3,(H,23,27)/t14-,18+/m0/s1. The maximum atomic E-state index is 13.1. The summed E-state index contributed by atoms with van der Waals surface area (Å²) in [6.07, 6.45) is -3.49. The summed E-state index contributed by atoms with van der Waals surface area (Å²) in [7, 11) is 1.53. The van der Waals surface area contributed by atoms with Crippen molar-refractivity contribution in [3.05, 3.63) is 29.8 Å². The van der Waals surface area contributed by atoms with Gasteiger partial charge in [-0.2, -0.15) is 13.2 Å². The van der Waals surface area contributed by atoms with Gasteiger partial charge in [0.15, 0.2) is 0 Å². The number of halogens is 3. The molecule has 2 aliphatic heterocycles. The normalized spacial score (nSPS) is 26.5. The fourth-order valence-corrected chi connectivity index (χ4v) is 3.92. The fourth-order valence-electron chi connectivity index (χ4n) is 3.92. The molecule has 1 N–H and O–H groups in total. The highest BCUT2D eigenvalue weighted by Crippen LogP contribution is 2.35. The van der Waals surface area contributed by atoms with Gasteiger partial charge in [0.1, 0.15) is 11.3 Å². The van der Waals surface area contributed by atoms with Gasteiger partial charge < -0.3 is 10.1 Å². The average molecular weight is 399 g/mol. The Morgan fingerprint density at radius 1 is 1.25 bits per heavy atom. The van der Waals surface area contributed by atoms with E-state index in [1.54, 1.807) is 31.2 Å². The minimum absolute atomic E-state index is 0.0743. The van der Waals surface area contributed by atoms with Crippen molar-refractivity contribution in [2.24, 2.45) is 5.92 Å². The minimum atomic E-state index is -4.27. The molecule has 2 aliphatic rings. The van der Waals surface area contributed by atoms with Crippen LogP contribution in [0.3, 0.4) is 0 Å². The number of likely N-dealkylation sites (tertiary alicyclic amines) is 1. The molecular formula is C19H24F3N3O3. The predicted octanol–water partition coefficient (Wildman–Crippen LogP) is 3.08. The smallest absolute Gasteiger partial charge is 0.393 e. The largest absolute Gasteiger partial charge is 0.497 e. The number of urea groups is 1. The molecule has 6 nitrogen and oxygen atoms in total. The number of hydrogen-bond acceptors (Lipinski definition) is 4. The summed E-state index contributed by atoms with van der Waals surface area (Å²) in [5.74, 6) is -1.26. The summed E-state index contributed by atoms with van der Waals surface area (Å²) < 4.78 is 44.3. The molecule has 154 valence electrons. The molecule has 1 aromatic carbocycles. The summed E-state index contributed by atoms with van der Waals surface area (Å²) in [5, 5.41) is 2.75. The second-order valence-corrected chi connectivity index (χ2v) is 7.25. The Bertz CT molecular complexity index is 738. The number of alkyl halides is 3. The van der Waals surface area contributed by atoms with Crippen LogP contribution in [0.1, 0.15) is 31.7 Å². The van der Waals surface area contributed by atoms with Gasteiger partial charge in [-0.3, -0.25) is 9.69 Å². The van der Waals surface area contributed by atoms with Crippen molar-refractivity contribution >= 4 is 11.9 Å². The zero-order valence-corrected chi connectivity index (χ0v) is 15.9. The number of hydrogen-bond donors (Lipinski definition) is 1. The van der Waals surface area contributed by atoms with Crippen LogP contribution in [0.25, 0.3) is 0 Å². The number of methoxy groups -OCH3 is 1. The number of imide groups is 1. The quantitative estimate of drug-likeness (QED) is 0.773. The third-order valence-electron chi connectivity index (χ3n) is 5.60. The number of carbonyl (C=O) groups is 2. The number of nitrogens with one attached hydrogen (secondary N) is 1. The molecule has 0 saturated carbocycles. The van der Waals surface area contributed by atoms with Gasteiger partial charge in [0.05, 0.1) is 19.7 Å². The molecule has 0 unspecified atom stereocenters. The van der Waals surface area contributed by atoms with Crippen LogP contribution in [0.2, 0.25) is 0 Å². The number of carbonyl (C=O) groups excluding carboxylic acids is 2. The molecule has 3 amide bonds. The van der Waals surface area contributed by atoms with Crippen LogP contribution in [0.4, 0.5) is 18.0 Å². The molecule has 0 radical (unpaired) electrons. The molecular weight excluding hydrogens is 375 g/mol. The molecule has 0 aromatic heterocycles. The lowest BCUT2D eigenvalue weighted by molar-refractivity contribution is -0.187. The van der Waals surface area contributed by atoms with Gasteiger partial charge >= 0.3 is 12.2 Å². The molecule has 2 saturated heterocycles. The Morgan fingerprint density at radius 2 is 1.93 bits per heavy atom. The van der Waals surface area contributed by atoms with Crippen molar-refractivity contribution in [3.63, 3.8) is 0 Å². The zero-order chi connectivity index (χ0) is 20.5. The fraction of sp³-hybridized carbons (Fsp3) is 0.579. The summed E-state index contributed by atoms with van der Waals surface area (Å²) >= 11 is 0. The van der Waals surface area contributed by atoms with E-state index < -0.39 is 29.6 Å². The molecule has 3 rings (SSSR count). The van der Waals surface area contributed by atoms with E-state index in [4.69, 9.17) is 4.74 Å². The lowest BCUT2D eigenvalue weighted by atomic mass is 9.87. The van der Waals surface area contributed by atoms with Crippen molar-refractivity contribution in [3.8, 4) is 5.75 Å². The summed E-state index contributed by atoms with van der Waals surface area (Å²) in [4.78, 5) is 28.2. The summed E-state index contributed by atoms with van der Waals surface area (Å²) in [6.45, 7) is 1.86. The molecule has 2 heterocycles. The zero-order valence-electron chi connectivity index (χ0n) is 15.9. The molecule has 28 heavy (non-hydrogen) atoms. The molecule has 2 atom stereocenters. The van der Waals surface area contributed by atoms with Crippen LogP contribution in [-0.4, -0.2) is 54.8 Å². The first-order valence-electron chi connectivity index (χ1n) is 9.29. The van der Waals surface area contributed by atoms with Crippen molar-refractivity contribution in [1.29, 1.82) is 0 Å². The molecule has 9 heteroatoms. The van der Waals surface area contributed by atoms with E-state index in [-0.39, 0.29) is 19.6 Å². The third kappa shape index (κ3) is 3.67. The van der Waals surface area contributed by atoms with E-state index in [2.05, 4.69) is 5.32 Å². The maximum absolute atomic E-state index is 13.1. The van der Waals surface area contributed by atoms with Gasteiger partial charge in [-0.15, -0.1) is 0 Å². The van der Waals surface area contributed by atoms with Crippen molar-refractivity contribution < 1.29 is 27.5 Å². The lowest BCUT2D eigenvalue weighted by Crippen LogP contribution is -2.49. The van der Waals surface area contributed by atoms with Crippen LogP contribution in [0.5, 0.6) is 5.75 Å². The molecule has 0 spiro atoms. The molecule has 2 fully saturated rings. The van der Waals surface area contributed by atoms with Gasteiger partial charge in [-0.25, -0.2) is 9.69 Å². The van der Waals surface area contributed by atoms with E-state index in [1.807, 2.05) is 0 Å². The second-order valence-electron chi connectivity index (χ2n) is 7.25. The number of benzene rings is 1. The van der Waals surface area contributed by atoms with Gasteiger partial charge in [0, 0.05) is 6.54 Å². The van der Waals surface area contributed by atoms with E-state index in [0.29, 0.717) is 30.7 Å². The highest BCUT2D eigenvalue weighted by Gasteiger charge is 2.52. The first-order chi connectivity index (χ1) is 13.2. The SMILES string of the molecule is CC[C@]1(c2ccc(OC)cc2)NC(=O)N(CN2CCC[C@H](C(F)(F)F)C2)C1=O. The molecule has 0 aliphatic carbocycles. The Hall–Kier alpha value is -2.29. The Balaban J connectivity index is 1.78. The number of nitrogens with zero attached hydrogens (tertiary/aromatic N) is 2. The summed E-state index contributed by atoms with van der Waals surface area (Å²) in [5.41, 5.74) is -0.605. The molecule has 0 bridgehead atoms. The summed E-state index contributed by atoms with van der Waals surface area (Å²) in [6, 6.07) is 6.24. The van der Waals surface area contributed by atoms with Crippen molar-refractivity contribution in [2.45, 2.75) is 37.9 Å². The first kappa shape index (κ1) is 20.4. The maximum Gasteiger partial charge on any atom is 0.393 e. The number of rotatable bonds is 5.